The predicted octanol–water partition coefficient (Wildman–Crippen LogP) is 4.15. The summed E-state index contributed by atoms with van der Waals surface area (Å²) in [7, 11) is 0. The molecular weight excluding hydrogens is 536 g/mol. The molecule has 1 aliphatic heterocycles. The number of halogens is 4. The summed E-state index contributed by atoms with van der Waals surface area (Å²) in [5.74, 6) is 0.494. The van der Waals surface area contributed by atoms with Gasteiger partial charge in [0.1, 0.15) is 12.4 Å². The fraction of sp³-hybridized carbons (Fsp3) is 0.682. The van der Waals surface area contributed by atoms with Crippen molar-refractivity contribution in [3.8, 4) is 5.75 Å². The first-order chi connectivity index (χ1) is 14.8. The number of para-hydroxylation sites is 1. The van der Waals surface area contributed by atoms with Gasteiger partial charge in [-0.1, -0.05) is 12.1 Å². The van der Waals surface area contributed by atoms with Crippen LogP contribution in [0, 0.1) is 0 Å². The molecule has 0 saturated carbocycles. The third-order valence-electron chi connectivity index (χ3n) is 4.94. The molecule has 0 radical (unpaired) electrons. The highest BCUT2D eigenvalue weighted by Gasteiger charge is 2.33. The second-order valence-corrected chi connectivity index (χ2v) is 7.78. The third kappa shape index (κ3) is 10.6. The molecule has 10 heteroatoms. The molecule has 2 N–H and O–H groups in total. The summed E-state index contributed by atoms with van der Waals surface area (Å²) in [6.45, 7) is 10.8. The first-order valence-corrected chi connectivity index (χ1v) is 11.0. The maximum atomic E-state index is 13.0. The normalized spacial score (nSPS) is 16.0. The van der Waals surface area contributed by atoms with E-state index in [1.54, 1.807) is 0 Å². The molecule has 0 amide bonds. The molecular formula is C22H36F3IN4O2. The molecule has 32 heavy (non-hydrogen) atoms. The number of guanidine groups is 1. The van der Waals surface area contributed by atoms with Gasteiger partial charge in [0.15, 0.2) is 5.96 Å². The SMILES string of the molecule is CCNC(=NCCOc1ccccc1C(F)(F)F)NC1CCN(CCOC(C)C)CC1.I. The Morgan fingerprint density at radius 2 is 1.88 bits per heavy atom. The monoisotopic (exact) mass is 572 g/mol. The van der Waals surface area contributed by atoms with Crippen LogP contribution in [-0.4, -0.2) is 68.9 Å². The summed E-state index contributed by atoms with van der Waals surface area (Å²) in [6.07, 6.45) is -2.18. The van der Waals surface area contributed by atoms with Crippen molar-refractivity contribution in [3.63, 3.8) is 0 Å². The number of rotatable bonds is 10. The molecule has 1 saturated heterocycles. The molecule has 1 aliphatic rings. The lowest BCUT2D eigenvalue weighted by molar-refractivity contribution is -0.138. The number of hydrogen-bond donors (Lipinski definition) is 2. The standard InChI is InChI=1S/C22H35F3N4O2.HI/c1-4-26-21(28-18-9-12-29(13-10-18)14-16-30-17(2)3)27-11-15-31-20-8-6-5-7-19(20)22(23,24)25;/h5-8,17-18H,4,9-16H2,1-3H3,(H2,26,27,28);1H. The summed E-state index contributed by atoms with van der Waals surface area (Å²) in [5, 5.41) is 6.62. The quantitative estimate of drug-likeness (QED) is 0.191. The molecule has 0 unspecified atom stereocenters. The van der Waals surface area contributed by atoms with Crippen molar-refractivity contribution < 1.29 is 22.6 Å². The van der Waals surface area contributed by atoms with E-state index in [2.05, 4.69) is 20.5 Å². The van der Waals surface area contributed by atoms with Crippen LogP contribution in [0.25, 0.3) is 0 Å². The Bertz CT molecular complexity index is 681. The topological polar surface area (TPSA) is 58.1 Å². The highest BCUT2D eigenvalue weighted by molar-refractivity contribution is 14.0. The Kier molecular flexibility index (Phi) is 13.3. The molecule has 1 heterocycles. The molecule has 1 fully saturated rings. The summed E-state index contributed by atoms with van der Waals surface area (Å²) < 4.78 is 50.1. The van der Waals surface area contributed by atoms with Gasteiger partial charge in [0, 0.05) is 32.2 Å². The number of nitrogens with zero attached hydrogens (tertiary/aromatic N) is 2. The number of aliphatic imine (C=N–C) groups is 1. The number of likely N-dealkylation sites (tertiary alicyclic amines) is 1. The zero-order valence-electron chi connectivity index (χ0n) is 19.1. The lowest BCUT2D eigenvalue weighted by Crippen LogP contribution is -2.49. The number of ether oxygens (including phenoxy) is 2. The van der Waals surface area contributed by atoms with Crippen LogP contribution in [0.4, 0.5) is 13.2 Å². The zero-order valence-corrected chi connectivity index (χ0v) is 21.4. The van der Waals surface area contributed by atoms with Crippen molar-refractivity contribution >= 4 is 29.9 Å². The van der Waals surface area contributed by atoms with Gasteiger partial charge >= 0.3 is 6.18 Å². The van der Waals surface area contributed by atoms with E-state index in [1.807, 2.05) is 20.8 Å². The first kappa shape index (κ1) is 28.8. The van der Waals surface area contributed by atoms with Gasteiger partial charge in [-0.05, 0) is 45.7 Å². The van der Waals surface area contributed by atoms with E-state index in [0.29, 0.717) is 18.5 Å². The van der Waals surface area contributed by atoms with Gasteiger partial charge in [-0.15, -0.1) is 24.0 Å². The van der Waals surface area contributed by atoms with E-state index in [1.165, 1.54) is 18.2 Å². The Morgan fingerprint density at radius 3 is 2.50 bits per heavy atom. The van der Waals surface area contributed by atoms with Crippen molar-refractivity contribution in [1.82, 2.24) is 15.5 Å². The maximum Gasteiger partial charge on any atom is 0.419 e. The van der Waals surface area contributed by atoms with Crippen LogP contribution < -0.4 is 15.4 Å². The summed E-state index contributed by atoms with van der Waals surface area (Å²) in [6, 6.07) is 5.54. The van der Waals surface area contributed by atoms with Gasteiger partial charge in [-0.25, -0.2) is 4.99 Å². The van der Waals surface area contributed by atoms with Crippen LogP contribution in [0.2, 0.25) is 0 Å². The van der Waals surface area contributed by atoms with E-state index in [-0.39, 0.29) is 49.0 Å². The van der Waals surface area contributed by atoms with E-state index in [4.69, 9.17) is 9.47 Å². The lowest BCUT2D eigenvalue weighted by Gasteiger charge is -2.33. The van der Waals surface area contributed by atoms with Crippen molar-refractivity contribution in [2.24, 2.45) is 4.99 Å². The largest absolute Gasteiger partial charge is 0.491 e. The minimum absolute atomic E-state index is 0. The first-order valence-electron chi connectivity index (χ1n) is 11.0. The van der Waals surface area contributed by atoms with Crippen molar-refractivity contribution in [1.29, 1.82) is 0 Å². The summed E-state index contributed by atoms with van der Waals surface area (Å²) >= 11 is 0. The van der Waals surface area contributed by atoms with Gasteiger partial charge in [0.2, 0.25) is 0 Å². The number of hydrogen-bond acceptors (Lipinski definition) is 4. The molecule has 0 aromatic heterocycles. The van der Waals surface area contributed by atoms with Gasteiger partial charge in [-0.3, -0.25) is 0 Å². The number of benzene rings is 1. The molecule has 2 rings (SSSR count). The summed E-state index contributed by atoms with van der Waals surface area (Å²) in [5.41, 5.74) is -0.769. The fourth-order valence-corrected chi connectivity index (χ4v) is 3.37. The Labute approximate surface area is 206 Å². The van der Waals surface area contributed by atoms with Crippen LogP contribution in [0.3, 0.4) is 0 Å². The molecule has 0 bridgehead atoms. The second-order valence-electron chi connectivity index (χ2n) is 7.78. The lowest BCUT2D eigenvalue weighted by atomic mass is 10.1. The Balaban J connectivity index is 0.00000512. The van der Waals surface area contributed by atoms with Crippen LogP contribution in [0.1, 0.15) is 39.2 Å². The Hall–Kier alpha value is -1.27. The van der Waals surface area contributed by atoms with Crippen molar-refractivity contribution in [2.45, 2.75) is 51.9 Å². The van der Waals surface area contributed by atoms with E-state index >= 15 is 0 Å². The fourth-order valence-electron chi connectivity index (χ4n) is 3.37. The average Bonchev–Trinajstić information content (AvgIpc) is 2.72. The van der Waals surface area contributed by atoms with Gasteiger partial charge in [-0.2, -0.15) is 13.2 Å². The van der Waals surface area contributed by atoms with E-state index < -0.39 is 11.7 Å². The predicted molar refractivity (Wildman–Crippen MR) is 132 cm³/mol. The Morgan fingerprint density at radius 1 is 1.19 bits per heavy atom. The van der Waals surface area contributed by atoms with Gasteiger partial charge in [0.25, 0.3) is 0 Å². The number of alkyl halides is 3. The van der Waals surface area contributed by atoms with Crippen molar-refractivity contribution in [2.75, 3.05) is 45.9 Å². The van der Waals surface area contributed by atoms with Crippen molar-refractivity contribution in [3.05, 3.63) is 29.8 Å². The number of nitrogens with one attached hydrogen (secondary N) is 2. The third-order valence-corrected chi connectivity index (χ3v) is 4.94. The van der Waals surface area contributed by atoms with E-state index in [0.717, 1.165) is 45.1 Å². The highest BCUT2D eigenvalue weighted by atomic mass is 127. The molecule has 184 valence electrons. The molecule has 0 aliphatic carbocycles. The van der Waals surface area contributed by atoms with E-state index in [9.17, 15) is 13.2 Å². The highest BCUT2D eigenvalue weighted by Crippen LogP contribution is 2.35. The van der Waals surface area contributed by atoms with Crippen LogP contribution >= 0.6 is 24.0 Å². The smallest absolute Gasteiger partial charge is 0.419 e. The molecule has 1 aromatic rings. The molecule has 1 aromatic carbocycles. The van der Waals surface area contributed by atoms with Gasteiger partial charge in [0.05, 0.1) is 24.8 Å². The van der Waals surface area contributed by atoms with Gasteiger partial charge < -0.3 is 25.0 Å². The zero-order chi connectivity index (χ0) is 22.7. The summed E-state index contributed by atoms with van der Waals surface area (Å²) in [4.78, 5) is 6.86. The molecule has 6 nitrogen and oxygen atoms in total. The maximum absolute atomic E-state index is 13.0. The minimum atomic E-state index is -4.44. The molecule has 0 spiro atoms. The second kappa shape index (κ2) is 14.8. The number of piperidine rings is 1. The van der Waals surface area contributed by atoms with Crippen LogP contribution in [0.5, 0.6) is 5.75 Å². The van der Waals surface area contributed by atoms with Crippen LogP contribution in [-0.2, 0) is 10.9 Å². The molecule has 0 atom stereocenters. The minimum Gasteiger partial charge on any atom is -0.491 e. The average molecular weight is 572 g/mol. The van der Waals surface area contributed by atoms with Crippen LogP contribution in [0.15, 0.2) is 29.3 Å².